The third-order valence-electron chi connectivity index (χ3n) is 3.56. The van der Waals surface area contributed by atoms with Gasteiger partial charge >= 0.3 is 12.1 Å². The van der Waals surface area contributed by atoms with Gasteiger partial charge in [0.1, 0.15) is 0 Å². The first-order valence-electron chi connectivity index (χ1n) is 5.81. The normalized spacial score (nSPS) is 26.7. The Hall–Kier alpha value is -1.56. The van der Waals surface area contributed by atoms with E-state index < -0.39 is 23.1 Å². The van der Waals surface area contributed by atoms with Gasteiger partial charge in [-0.2, -0.15) is 13.2 Å². The van der Waals surface area contributed by atoms with Crippen LogP contribution in [-0.4, -0.2) is 19.1 Å². The standard InChI is InChI=1S/C13H14F3NO2/c1-19-11(18)12(6-10(17)7-12)8-2-4-9(5-3-8)13(14,15)16/h2-5,10H,6-7,17H2,1H3. The third-order valence-corrected chi connectivity index (χ3v) is 3.56. The first kappa shape index (κ1) is 13.9. The molecule has 0 saturated heterocycles. The monoisotopic (exact) mass is 273 g/mol. The zero-order chi connectivity index (χ0) is 14.3. The Morgan fingerprint density at radius 2 is 1.84 bits per heavy atom. The lowest BCUT2D eigenvalue weighted by molar-refractivity contribution is -0.152. The molecule has 1 aliphatic carbocycles. The number of carbonyl (C=O) groups excluding carboxylic acids is 1. The summed E-state index contributed by atoms with van der Waals surface area (Å²) in [6.07, 6.45) is -3.59. The highest BCUT2D eigenvalue weighted by molar-refractivity contribution is 5.84. The molecule has 3 nitrogen and oxygen atoms in total. The highest BCUT2D eigenvalue weighted by Gasteiger charge is 2.51. The number of ether oxygens (including phenoxy) is 1. The molecule has 0 heterocycles. The van der Waals surface area contributed by atoms with Crippen LogP contribution in [0, 0.1) is 0 Å². The molecule has 0 amide bonds. The van der Waals surface area contributed by atoms with Gasteiger partial charge in [-0.05, 0) is 30.5 Å². The quantitative estimate of drug-likeness (QED) is 0.841. The van der Waals surface area contributed by atoms with Crippen LogP contribution in [-0.2, 0) is 21.1 Å². The van der Waals surface area contributed by atoms with Crippen LogP contribution in [0.1, 0.15) is 24.0 Å². The minimum atomic E-state index is -4.38. The fourth-order valence-corrected chi connectivity index (χ4v) is 2.53. The highest BCUT2D eigenvalue weighted by atomic mass is 19.4. The topological polar surface area (TPSA) is 52.3 Å². The average Bonchev–Trinajstić information content (AvgIpc) is 2.33. The van der Waals surface area contributed by atoms with Crippen molar-refractivity contribution in [3.63, 3.8) is 0 Å². The summed E-state index contributed by atoms with van der Waals surface area (Å²) >= 11 is 0. The summed E-state index contributed by atoms with van der Waals surface area (Å²) in [7, 11) is 1.26. The highest BCUT2D eigenvalue weighted by Crippen LogP contribution is 2.44. The van der Waals surface area contributed by atoms with E-state index in [0.717, 1.165) is 12.1 Å². The first-order chi connectivity index (χ1) is 8.79. The fourth-order valence-electron chi connectivity index (χ4n) is 2.53. The van der Waals surface area contributed by atoms with E-state index in [4.69, 9.17) is 10.5 Å². The van der Waals surface area contributed by atoms with Crippen molar-refractivity contribution in [2.75, 3.05) is 7.11 Å². The second-order valence-electron chi connectivity index (χ2n) is 4.82. The molecule has 0 bridgehead atoms. The van der Waals surface area contributed by atoms with Crippen molar-refractivity contribution in [3.8, 4) is 0 Å². The second kappa shape index (κ2) is 4.52. The smallest absolute Gasteiger partial charge is 0.416 e. The van der Waals surface area contributed by atoms with Crippen LogP contribution >= 0.6 is 0 Å². The molecular formula is C13H14F3NO2. The fraction of sp³-hybridized carbons (Fsp3) is 0.462. The zero-order valence-corrected chi connectivity index (χ0v) is 10.3. The molecule has 1 saturated carbocycles. The number of methoxy groups -OCH3 is 1. The van der Waals surface area contributed by atoms with Gasteiger partial charge in [0, 0.05) is 6.04 Å². The van der Waals surface area contributed by atoms with Gasteiger partial charge in [-0.25, -0.2) is 0 Å². The van der Waals surface area contributed by atoms with Crippen molar-refractivity contribution in [1.82, 2.24) is 0 Å². The molecule has 104 valence electrons. The van der Waals surface area contributed by atoms with Crippen molar-refractivity contribution in [2.24, 2.45) is 5.73 Å². The largest absolute Gasteiger partial charge is 0.468 e. The molecule has 1 aromatic rings. The Balaban J connectivity index is 2.32. The molecule has 0 unspecified atom stereocenters. The molecule has 6 heteroatoms. The van der Waals surface area contributed by atoms with Crippen LogP contribution in [0.2, 0.25) is 0 Å². The number of rotatable bonds is 2. The Kier molecular flexibility index (Phi) is 3.30. The van der Waals surface area contributed by atoms with Gasteiger partial charge < -0.3 is 10.5 Å². The SMILES string of the molecule is COC(=O)C1(c2ccc(C(F)(F)F)cc2)CC(N)C1. The van der Waals surface area contributed by atoms with E-state index in [9.17, 15) is 18.0 Å². The molecule has 1 aromatic carbocycles. The average molecular weight is 273 g/mol. The summed E-state index contributed by atoms with van der Waals surface area (Å²) in [6, 6.07) is 4.48. The van der Waals surface area contributed by atoms with Crippen molar-refractivity contribution in [3.05, 3.63) is 35.4 Å². The zero-order valence-electron chi connectivity index (χ0n) is 10.3. The van der Waals surface area contributed by atoms with Crippen LogP contribution < -0.4 is 5.73 Å². The molecule has 0 radical (unpaired) electrons. The van der Waals surface area contributed by atoms with Crippen LogP contribution in [0.25, 0.3) is 0 Å². The molecule has 2 rings (SSSR count). The molecule has 0 spiro atoms. The van der Waals surface area contributed by atoms with E-state index in [0.29, 0.717) is 18.4 Å². The lowest BCUT2D eigenvalue weighted by Gasteiger charge is -2.44. The van der Waals surface area contributed by atoms with Gasteiger partial charge in [0.2, 0.25) is 0 Å². The van der Waals surface area contributed by atoms with Crippen molar-refractivity contribution in [2.45, 2.75) is 30.5 Å². The van der Waals surface area contributed by atoms with Crippen LogP contribution in [0.15, 0.2) is 24.3 Å². The summed E-state index contributed by atoms with van der Waals surface area (Å²) in [4.78, 5) is 11.8. The molecule has 0 atom stereocenters. The van der Waals surface area contributed by atoms with E-state index in [1.54, 1.807) is 0 Å². The van der Waals surface area contributed by atoms with Gasteiger partial charge in [0.25, 0.3) is 0 Å². The van der Waals surface area contributed by atoms with Gasteiger partial charge in [-0.3, -0.25) is 4.79 Å². The van der Waals surface area contributed by atoms with Gasteiger partial charge in [-0.15, -0.1) is 0 Å². The predicted octanol–water partition coefficient (Wildman–Crippen LogP) is 2.24. The Labute approximate surface area is 108 Å². The van der Waals surface area contributed by atoms with Crippen LogP contribution in [0.4, 0.5) is 13.2 Å². The van der Waals surface area contributed by atoms with E-state index in [2.05, 4.69) is 0 Å². The number of alkyl halides is 3. The lowest BCUT2D eigenvalue weighted by atomic mass is 9.62. The number of esters is 1. The number of hydrogen-bond donors (Lipinski definition) is 1. The minimum absolute atomic E-state index is 0.124. The van der Waals surface area contributed by atoms with Gasteiger partial charge in [0.15, 0.2) is 0 Å². The summed E-state index contributed by atoms with van der Waals surface area (Å²) in [5, 5.41) is 0. The molecule has 1 fully saturated rings. The van der Waals surface area contributed by atoms with Gasteiger partial charge in [-0.1, -0.05) is 12.1 Å². The number of hydrogen-bond acceptors (Lipinski definition) is 3. The van der Waals surface area contributed by atoms with E-state index in [1.165, 1.54) is 19.2 Å². The third kappa shape index (κ3) is 2.32. The Bertz CT molecular complexity index is 476. The number of nitrogens with two attached hydrogens (primary N) is 1. The molecule has 0 aromatic heterocycles. The molecule has 1 aliphatic rings. The second-order valence-corrected chi connectivity index (χ2v) is 4.82. The van der Waals surface area contributed by atoms with Crippen molar-refractivity contribution >= 4 is 5.97 Å². The number of halogens is 3. The summed E-state index contributed by atoms with van der Waals surface area (Å²) in [5.74, 6) is -0.450. The maximum atomic E-state index is 12.5. The van der Waals surface area contributed by atoms with Gasteiger partial charge in [0.05, 0.1) is 18.1 Å². The Morgan fingerprint density at radius 3 is 2.21 bits per heavy atom. The summed E-state index contributed by atoms with van der Waals surface area (Å²) < 4.78 is 42.2. The van der Waals surface area contributed by atoms with Crippen molar-refractivity contribution < 1.29 is 22.7 Å². The maximum Gasteiger partial charge on any atom is 0.416 e. The first-order valence-corrected chi connectivity index (χ1v) is 5.81. The van der Waals surface area contributed by atoms with E-state index >= 15 is 0 Å². The van der Waals surface area contributed by atoms with E-state index in [-0.39, 0.29) is 6.04 Å². The van der Waals surface area contributed by atoms with Crippen LogP contribution in [0.3, 0.4) is 0 Å². The number of benzene rings is 1. The van der Waals surface area contributed by atoms with Crippen molar-refractivity contribution in [1.29, 1.82) is 0 Å². The van der Waals surface area contributed by atoms with Crippen LogP contribution in [0.5, 0.6) is 0 Å². The summed E-state index contributed by atoms with van der Waals surface area (Å²) in [6.45, 7) is 0. The lowest BCUT2D eigenvalue weighted by Crippen LogP contribution is -2.54. The minimum Gasteiger partial charge on any atom is -0.468 e. The predicted molar refractivity (Wildman–Crippen MR) is 62.3 cm³/mol. The Morgan fingerprint density at radius 1 is 1.32 bits per heavy atom. The number of carbonyl (C=O) groups is 1. The van der Waals surface area contributed by atoms with E-state index in [1.807, 2.05) is 0 Å². The molecule has 2 N–H and O–H groups in total. The maximum absolute atomic E-state index is 12.5. The molecule has 0 aliphatic heterocycles. The molecular weight excluding hydrogens is 259 g/mol. The summed E-state index contributed by atoms with van der Waals surface area (Å²) in [5.41, 5.74) is 4.59. The molecule has 19 heavy (non-hydrogen) atoms.